The molecule has 0 saturated carbocycles. The van der Waals surface area contributed by atoms with Crippen LogP contribution in [0.25, 0.3) is 0 Å². The van der Waals surface area contributed by atoms with Crippen LogP contribution >= 0.6 is 38.5 Å². The zero-order valence-electron chi connectivity index (χ0n) is 11.0. The van der Waals surface area contributed by atoms with Crippen LogP contribution in [0.4, 0.5) is 0 Å². The van der Waals surface area contributed by atoms with Crippen LogP contribution in [0.5, 0.6) is 0 Å². The van der Waals surface area contributed by atoms with Crippen molar-refractivity contribution in [1.82, 2.24) is 9.80 Å². The summed E-state index contributed by atoms with van der Waals surface area (Å²) in [4.78, 5) is 16.9. The average molecular weight is 437 g/mol. The van der Waals surface area contributed by atoms with Gasteiger partial charge in [0.25, 0.3) is 5.91 Å². The minimum Gasteiger partial charge on any atom is -0.336 e. The Labute approximate surface area is 136 Å². The van der Waals surface area contributed by atoms with Crippen molar-refractivity contribution in [1.29, 1.82) is 0 Å². The maximum atomic E-state index is 12.5. The number of carbonyl (C=O) groups is 1. The highest BCUT2D eigenvalue weighted by Gasteiger charge is 2.23. The third-order valence-corrected chi connectivity index (χ3v) is 4.79. The van der Waals surface area contributed by atoms with E-state index >= 15 is 0 Å². The van der Waals surface area contributed by atoms with E-state index in [2.05, 4.69) is 50.3 Å². The fraction of sp³-hybridized carbons (Fsp3) is 0.500. The fourth-order valence-electron chi connectivity index (χ4n) is 2.32. The highest BCUT2D eigenvalue weighted by atomic mass is 127. The van der Waals surface area contributed by atoms with Crippen molar-refractivity contribution in [3.63, 3.8) is 0 Å². The molecule has 0 bridgehead atoms. The lowest BCUT2D eigenvalue weighted by atomic mass is 10.2. The van der Waals surface area contributed by atoms with Gasteiger partial charge in [0.05, 0.1) is 5.56 Å². The molecule has 19 heavy (non-hydrogen) atoms. The summed E-state index contributed by atoms with van der Waals surface area (Å²) in [6, 6.07) is 5.87. The molecule has 1 amide bonds. The second-order valence-electron chi connectivity index (χ2n) is 4.76. The normalized spacial score (nSPS) is 16.7. The van der Waals surface area contributed by atoms with Crippen molar-refractivity contribution in [2.75, 3.05) is 32.7 Å². The molecule has 0 radical (unpaired) electrons. The van der Waals surface area contributed by atoms with Crippen LogP contribution in [0.3, 0.4) is 0 Å². The maximum absolute atomic E-state index is 12.5. The van der Waals surface area contributed by atoms with Gasteiger partial charge in [0.1, 0.15) is 0 Å². The number of nitrogens with zero attached hydrogens (tertiary/aromatic N) is 2. The third kappa shape index (κ3) is 3.92. The number of hydrogen-bond donors (Lipinski definition) is 0. The number of amides is 1. The van der Waals surface area contributed by atoms with Gasteiger partial charge in [0.2, 0.25) is 0 Å². The lowest BCUT2D eigenvalue weighted by Gasteiger charge is -2.34. The van der Waals surface area contributed by atoms with Crippen molar-refractivity contribution in [2.45, 2.75) is 13.3 Å². The van der Waals surface area contributed by atoms with E-state index in [-0.39, 0.29) is 5.91 Å². The van der Waals surface area contributed by atoms with Crippen LogP contribution in [-0.2, 0) is 0 Å². The first-order valence-electron chi connectivity index (χ1n) is 6.58. The van der Waals surface area contributed by atoms with Crippen molar-refractivity contribution >= 4 is 44.4 Å². The Morgan fingerprint density at radius 1 is 1.32 bits per heavy atom. The summed E-state index contributed by atoms with van der Waals surface area (Å²) in [6.07, 6.45) is 1.18. The van der Waals surface area contributed by atoms with Crippen molar-refractivity contribution in [3.8, 4) is 0 Å². The molecule has 1 saturated heterocycles. The average Bonchev–Trinajstić information content (AvgIpc) is 2.42. The molecule has 1 aromatic carbocycles. The molecule has 0 unspecified atom stereocenters. The van der Waals surface area contributed by atoms with Gasteiger partial charge < -0.3 is 4.90 Å². The number of rotatable bonds is 3. The summed E-state index contributed by atoms with van der Waals surface area (Å²) >= 11 is 5.66. The first-order valence-corrected chi connectivity index (χ1v) is 8.45. The number of carbonyl (C=O) groups excluding carboxylic acids is 1. The summed E-state index contributed by atoms with van der Waals surface area (Å²) in [5.41, 5.74) is 0.805. The molecular weight excluding hydrogens is 419 g/mol. The second kappa shape index (κ2) is 7.04. The van der Waals surface area contributed by atoms with Crippen LogP contribution in [0.15, 0.2) is 22.7 Å². The Balaban J connectivity index is 2.03. The lowest BCUT2D eigenvalue weighted by Crippen LogP contribution is -2.48. The fourth-order valence-corrected chi connectivity index (χ4v) is 3.25. The zero-order valence-corrected chi connectivity index (χ0v) is 14.8. The Morgan fingerprint density at radius 3 is 2.63 bits per heavy atom. The van der Waals surface area contributed by atoms with Gasteiger partial charge in [-0.05, 0) is 53.8 Å². The molecule has 1 aliphatic heterocycles. The second-order valence-corrected chi connectivity index (χ2v) is 6.84. The number of benzene rings is 1. The molecule has 0 N–H and O–H groups in total. The molecule has 2 rings (SSSR count). The predicted octanol–water partition coefficient (Wildman–Crippen LogP) is 3.22. The molecule has 0 aliphatic carbocycles. The summed E-state index contributed by atoms with van der Waals surface area (Å²) in [5, 5.41) is 0. The van der Waals surface area contributed by atoms with Crippen LogP contribution in [-0.4, -0.2) is 48.4 Å². The van der Waals surface area contributed by atoms with E-state index in [4.69, 9.17) is 0 Å². The molecular formula is C14H18BrIN2O. The Bertz CT molecular complexity index is 459. The van der Waals surface area contributed by atoms with Gasteiger partial charge >= 0.3 is 0 Å². The minimum absolute atomic E-state index is 0.154. The maximum Gasteiger partial charge on any atom is 0.255 e. The Hall–Kier alpha value is -0.140. The number of hydrogen-bond acceptors (Lipinski definition) is 2. The van der Waals surface area contributed by atoms with E-state index in [9.17, 15) is 4.79 Å². The quantitative estimate of drug-likeness (QED) is 0.679. The predicted molar refractivity (Wildman–Crippen MR) is 89.5 cm³/mol. The first kappa shape index (κ1) is 15.3. The van der Waals surface area contributed by atoms with Gasteiger partial charge in [-0.1, -0.05) is 22.9 Å². The van der Waals surface area contributed by atoms with Gasteiger partial charge in [0.15, 0.2) is 0 Å². The number of piperazine rings is 1. The minimum atomic E-state index is 0.154. The van der Waals surface area contributed by atoms with Gasteiger partial charge in [-0.3, -0.25) is 9.69 Å². The van der Waals surface area contributed by atoms with Gasteiger partial charge in [-0.25, -0.2) is 0 Å². The van der Waals surface area contributed by atoms with E-state index in [1.54, 1.807) is 0 Å². The standard InChI is InChI=1S/C14H18BrIN2O/c1-2-5-17-6-8-18(9-7-17)14(19)12-10-11(15)3-4-13(12)16/h3-4,10H,2,5-9H2,1H3. The van der Waals surface area contributed by atoms with Crippen LogP contribution in [0, 0.1) is 3.57 Å². The summed E-state index contributed by atoms with van der Waals surface area (Å²) in [7, 11) is 0. The zero-order chi connectivity index (χ0) is 13.8. The molecule has 3 nitrogen and oxygen atoms in total. The third-order valence-electron chi connectivity index (χ3n) is 3.36. The van der Waals surface area contributed by atoms with Crippen LogP contribution in [0.1, 0.15) is 23.7 Å². The molecule has 0 aromatic heterocycles. The van der Waals surface area contributed by atoms with Crippen LogP contribution < -0.4 is 0 Å². The van der Waals surface area contributed by atoms with Gasteiger partial charge in [0, 0.05) is 34.2 Å². The largest absolute Gasteiger partial charge is 0.336 e. The summed E-state index contributed by atoms with van der Waals surface area (Å²) < 4.78 is 1.97. The van der Waals surface area contributed by atoms with Crippen LogP contribution in [0.2, 0.25) is 0 Å². The molecule has 0 spiro atoms. The van der Waals surface area contributed by atoms with E-state index < -0.39 is 0 Å². The SMILES string of the molecule is CCCN1CCN(C(=O)c2cc(Br)ccc2I)CC1. The van der Waals surface area contributed by atoms with Crippen molar-refractivity contribution in [3.05, 3.63) is 31.8 Å². The van der Waals surface area contributed by atoms with E-state index in [1.165, 1.54) is 6.42 Å². The first-order chi connectivity index (χ1) is 9.11. The monoisotopic (exact) mass is 436 g/mol. The molecule has 1 heterocycles. The van der Waals surface area contributed by atoms with E-state index in [0.717, 1.165) is 46.3 Å². The Morgan fingerprint density at radius 2 is 2.00 bits per heavy atom. The highest BCUT2D eigenvalue weighted by molar-refractivity contribution is 14.1. The molecule has 1 aliphatic rings. The molecule has 0 atom stereocenters. The molecule has 1 fully saturated rings. The highest BCUT2D eigenvalue weighted by Crippen LogP contribution is 2.20. The molecule has 1 aromatic rings. The summed E-state index contributed by atoms with van der Waals surface area (Å²) in [6.45, 7) is 6.98. The van der Waals surface area contributed by atoms with E-state index in [1.807, 2.05) is 23.1 Å². The molecule has 5 heteroatoms. The smallest absolute Gasteiger partial charge is 0.255 e. The van der Waals surface area contributed by atoms with Gasteiger partial charge in [-0.15, -0.1) is 0 Å². The lowest BCUT2D eigenvalue weighted by molar-refractivity contribution is 0.0636. The van der Waals surface area contributed by atoms with Crippen molar-refractivity contribution < 1.29 is 4.79 Å². The van der Waals surface area contributed by atoms with Crippen molar-refractivity contribution in [2.24, 2.45) is 0 Å². The summed E-state index contributed by atoms with van der Waals surface area (Å²) in [5.74, 6) is 0.154. The topological polar surface area (TPSA) is 23.6 Å². The van der Waals surface area contributed by atoms with E-state index in [0.29, 0.717) is 0 Å². The van der Waals surface area contributed by atoms with Gasteiger partial charge in [-0.2, -0.15) is 0 Å². The molecule has 104 valence electrons. The Kier molecular flexibility index (Phi) is 5.65. The number of halogens is 2.